The third kappa shape index (κ3) is 5.36. The Morgan fingerprint density at radius 1 is 1.18 bits per heavy atom. The zero-order chi connectivity index (χ0) is 11.8. The average molecular weight is 240 g/mol. The number of carbonyl (C=O) groups excluding carboxylic acids is 1. The van der Waals surface area contributed by atoms with Crippen molar-refractivity contribution in [3.63, 3.8) is 0 Å². The van der Waals surface area contributed by atoms with Crippen molar-refractivity contribution < 1.29 is 19.0 Å². The lowest BCUT2D eigenvalue weighted by atomic mass is 10.2. The first-order valence-electron chi connectivity index (χ1n) is 5.17. The normalized spacial score (nSPS) is 9.29. The van der Waals surface area contributed by atoms with Gasteiger partial charge in [-0.2, -0.15) is 0 Å². The van der Waals surface area contributed by atoms with Crippen molar-refractivity contribution in [2.24, 2.45) is 0 Å². The number of methoxy groups -OCH3 is 1. The monoisotopic (exact) mass is 240 g/mol. The minimum Gasteiger partial charge on any atom is -0.497 e. The van der Waals surface area contributed by atoms with Crippen LogP contribution in [0.4, 0.5) is 0 Å². The molecule has 0 atom stereocenters. The van der Waals surface area contributed by atoms with Crippen molar-refractivity contribution in [3.05, 3.63) is 29.8 Å². The van der Waals surface area contributed by atoms with Crippen molar-refractivity contribution >= 4 is 5.97 Å². The fourth-order valence-corrected chi connectivity index (χ4v) is 1.15. The number of rotatable bonds is 6. The maximum absolute atomic E-state index is 11.5. The molecule has 0 aliphatic heterocycles. The highest BCUT2D eigenvalue weighted by Crippen LogP contribution is 2.11. The second-order valence-corrected chi connectivity index (χ2v) is 3.06. The van der Waals surface area contributed by atoms with Gasteiger partial charge in [-0.3, -0.25) is 0 Å². The largest absolute Gasteiger partial charge is 0.497 e. The van der Waals surface area contributed by atoms with E-state index in [0.717, 1.165) is 0 Å². The SMILES string of the molecule is C.CCOCCOC(=O)c1ccc(OC)cc1. The molecule has 4 nitrogen and oxygen atoms in total. The van der Waals surface area contributed by atoms with Crippen LogP contribution in [0.2, 0.25) is 0 Å². The van der Waals surface area contributed by atoms with Crippen LogP contribution in [-0.2, 0) is 9.47 Å². The van der Waals surface area contributed by atoms with Crippen LogP contribution in [0.5, 0.6) is 5.75 Å². The number of benzene rings is 1. The molecular weight excluding hydrogens is 220 g/mol. The smallest absolute Gasteiger partial charge is 0.338 e. The molecule has 0 bridgehead atoms. The molecule has 0 amide bonds. The van der Waals surface area contributed by atoms with E-state index in [0.29, 0.717) is 24.5 Å². The Morgan fingerprint density at radius 3 is 2.35 bits per heavy atom. The van der Waals surface area contributed by atoms with Crippen LogP contribution in [-0.4, -0.2) is 32.9 Å². The summed E-state index contributed by atoms with van der Waals surface area (Å²) in [6, 6.07) is 6.78. The summed E-state index contributed by atoms with van der Waals surface area (Å²) in [5, 5.41) is 0. The van der Waals surface area contributed by atoms with Crippen LogP contribution < -0.4 is 4.74 Å². The first-order chi connectivity index (χ1) is 7.77. The van der Waals surface area contributed by atoms with Gasteiger partial charge in [0.1, 0.15) is 12.4 Å². The Bertz CT molecular complexity index is 319. The highest BCUT2D eigenvalue weighted by Gasteiger charge is 2.06. The van der Waals surface area contributed by atoms with Gasteiger partial charge < -0.3 is 14.2 Å². The molecule has 1 aromatic rings. The lowest BCUT2D eigenvalue weighted by Crippen LogP contribution is -2.10. The van der Waals surface area contributed by atoms with Crippen molar-refractivity contribution in [2.45, 2.75) is 14.4 Å². The Morgan fingerprint density at radius 2 is 1.82 bits per heavy atom. The first-order valence-corrected chi connectivity index (χ1v) is 5.17. The number of esters is 1. The van der Waals surface area contributed by atoms with Crippen molar-refractivity contribution in [1.29, 1.82) is 0 Å². The predicted molar refractivity (Wildman–Crippen MR) is 66.5 cm³/mol. The van der Waals surface area contributed by atoms with Gasteiger partial charge in [-0.1, -0.05) is 7.43 Å². The van der Waals surface area contributed by atoms with E-state index in [1.807, 2.05) is 6.92 Å². The lowest BCUT2D eigenvalue weighted by Gasteiger charge is -2.05. The maximum atomic E-state index is 11.5. The van der Waals surface area contributed by atoms with E-state index in [2.05, 4.69) is 0 Å². The van der Waals surface area contributed by atoms with Gasteiger partial charge in [0.2, 0.25) is 0 Å². The topological polar surface area (TPSA) is 44.8 Å². The molecule has 0 N–H and O–H groups in total. The molecule has 0 spiro atoms. The standard InChI is InChI=1S/C12H16O4.CH4/c1-3-15-8-9-16-12(13)10-4-6-11(14-2)7-5-10;/h4-7H,3,8-9H2,1-2H3;1H4. The second kappa shape index (κ2) is 8.58. The molecule has 0 radical (unpaired) electrons. The summed E-state index contributed by atoms with van der Waals surface area (Å²) in [4.78, 5) is 11.5. The van der Waals surface area contributed by atoms with Gasteiger partial charge in [-0.05, 0) is 31.2 Å². The molecule has 0 aliphatic carbocycles. The van der Waals surface area contributed by atoms with Crippen molar-refractivity contribution in [3.8, 4) is 5.75 Å². The van der Waals surface area contributed by atoms with Gasteiger partial charge in [-0.15, -0.1) is 0 Å². The zero-order valence-corrected chi connectivity index (χ0v) is 9.56. The molecule has 1 aromatic carbocycles. The molecule has 1 rings (SSSR count). The first kappa shape index (κ1) is 15.4. The number of hydrogen-bond donors (Lipinski definition) is 0. The molecular formula is C13H20O4. The predicted octanol–water partition coefficient (Wildman–Crippen LogP) is 2.52. The van der Waals surface area contributed by atoms with E-state index in [9.17, 15) is 4.79 Å². The van der Waals surface area contributed by atoms with Gasteiger partial charge in [0.15, 0.2) is 0 Å². The van der Waals surface area contributed by atoms with Crippen LogP contribution >= 0.6 is 0 Å². The number of hydrogen-bond acceptors (Lipinski definition) is 4. The summed E-state index contributed by atoms with van der Waals surface area (Å²) >= 11 is 0. The summed E-state index contributed by atoms with van der Waals surface area (Å²) in [7, 11) is 1.58. The Balaban J connectivity index is 0.00000256. The number of carbonyl (C=O) groups is 1. The van der Waals surface area contributed by atoms with Crippen LogP contribution in [0, 0.1) is 0 Å². The lowest BCUT2D eigenvalue weighted by molar-refractivity contribution is 0.0335. The van der Waals surface area contributed by atoms with Gasteiger partial charge in [-0.25, -0.2) is 4.79 Å². The van der Waals surface area contributed by atoms with E-state index < -0.39 is 0 Å². The highest BCUT2D eigenvalue weighted by molar-refractivity contribution is 5.89. The molecule has 17 heavy (non-hydrogen) atoms. The molecule has 0 aliphatic rings. The van der Waals surface area contributed by atoms with Gasteiger partial charge in [0.05, 0.1) is 19.3 Å². The fraction of sp³-hybridized carbons (Fsp3) is 0.462. The van der Waals surface area contributed by atoms with Gasteiger partial charge >= 0.3 is 5.97 Å². The van der Waals surface area contributed by atoms with Crippen LogP contribution in [0.25, 0.3) is 0 Å². The van der Waals surface area contributed by atoms with E-state index in [-0.39, 0.29) is 20.0 Å². The summed E-state index contributed by atoms with van der Waals surface area (Å²) < 4.78 is 15.0. The van der Waals surface area contributed by atoms with E-state index in [1.54, 1.807) is 31.4 Å². The summed E-state index contributed by atoms with van der Waals surface area (Å²) in [5.41, 5.74) is 0.511. The molecule has 0 saturated carbocycles. The van der Waals surface area contributed by atoms with Crippen LogP contribution in [0.1, 0.15) is 24.7 Å². The van der Waals surface area contributed by atoms with E-state index >= 15 is 0 Å². The molecule has 0 unspecified atom stereocenters. The highest BCUT2D eigenvalue weighted by atomic mass is 16.6. The van der Waals surface area contributed by atoms with E-state index in [1.165, 1.54) is 0 Å². The van der Waals surface area contributed by atoms with Crippen molar-refractivity contribution in [1.82, 2.24) is 0 Å². The Hall–Kier alpha value is -1.55. The van der Waals surface area contributed by atoms with Gasteiger partial charge in [0, 0.05) is 6.61 Å². The third-order valence-electron chi connectivity index (χ3n) is 1.99. The molecule has 4 heteroatoms. The molecule has 96 valence electrons. The Labute approximate surface area is 102 Å². The molecule has 0 heterocycles. The summed E-state index contributed by atoms with van der Waals surface area (Å²) in [6.45, 7) is 3.22. The average Bonchev–Trinajstić information content (AvgIpc) is 2.34. The minimum atomic E-state index is -0.345. The zero-order valence-electron chi connectivity index (χ0n) is 9.56. The summed E-state index contributed by atoms with van der Waals surface area (Å²) in [5.74, 6) is 0.369. The Kier molecular flexibility index (Phi) is 7.80. The van der Waals surface area contributed by atoms with Crippen LogP contribution in [0.3, 0.4) is 0 Å². The molecule has 0 fully saturated rings. The summed E-state index contributed by atoms with van der Waals surface area (Å²) in [6.07, 6.45) is 0. The van der Waals surface area contributed by atoms with Crippen molar-refractivity contribution in [2.75, 3.05) is 26.9 Å². The van der Waals surface area contributed by atoms with E-state index in [4.69, 9.17) is 14.2 Å². The fourth-order valence-electron chi connectivity index (χ4n) is 1.15. The third-order valence-corrected chi connectivity index (χ3v) is 1.99. The molecule has 0 aromatic heterocycles. The number of ether oxygens (including phenoxy) is 3. The minimum absolute atomic E-state index is 0. The second-order valence-electron chi connectivity index (χ2n) is 3.06. The quantitative estimate of drug-likeness (QED) is 0.566. The molecule has 0 saturated heterocycles. The van der Waals surface area contributed by atoms with Gasteiger partial charge in [0.25, 0.3) is 0 Å². The van der Waals surface area contributed by atoms with Crippen LogP contribution in [0.15, 0.2) is 24.3 Å². The maximum Gasteiger partial charge on any atom is 0.338 e.